The van der Waals surface area contributed by atoms with Crippen molar-refractivity contribution in [3.05, 3.63) is 46.3 Å². The Labute approximate surface area is 138 Å². The maximum Gasteiger partial charge on any atom is 0.271 e. The Morgan fingerprint density at radius 1 is 1.27 bits per heavy atom. The van der Waals surface area contributed by atoms with Crippen molar-refractivity contribution in [1.29, 1.82) is 0 Å². The van der Waals surface area contributed by atoms with Crippen LogP contribution < -0.4 is 10.6 Å². The lowest BCUT2D eigenvalue weighted by molar-refractivity contribution is 0.0948. The maximum absolute atomic E-state index is 11.8. The van der Waals surface area contributed by atoms with E-state index in [1.165, 1.54) is 6.20 Å². The van der Waals surface area contributed by atoms with E-state index in [4.69, 9.17) is 0 Å². The Bertz CT molecular complexity index is 643. The molecule has 0 aliphatic carbocycles. The zero-order valence-electron chi connectivity index (χ0n) is 12.7. The van der Waals surface area contributed by atoms with Gasteiger partial charge in [0.15, 0.2) is 0 Å². The molecule has 1 aromatic heterocycles. The van der Waals surface area contributed by atoms with Crippen LogP contribution in [0.3, 0.4) is 0 Å². The predicted molar refractivity (Wildman–Crippen MR) is 91.4 cm³/mol. The molecule has 116 valence electrons. The van der Waals surface area contributed by atoms with Gasteiger partial charge in [-0.25, -0.2) is 9.97 Å². The van der Waals surface area contributed by atoms with Crippen molar-refractivity contribution in [2.45, 2.75) is 26.7 Å². The van der Waals surface area contributed by atoms with E-state index in [1.54, 1.807) is 6.20 Å². The first kappa shape index (κ1) is 16.4. The van der Waals surface area contributed by atoms with Crippen molar-refractivity contribution in [3.8, 4) is 0 Å². The lowest BCUT2D eigenvalue weighted by atomic mass is 10.2. The van der Waals surface area contributed by atoms with Gasteiger partial charge in [-0.15, -0.1) is 0 Å². The monoisotopic (exact) mass is 362 g/mol. The Hall–Kier alpha value is -1.95. The summed E-state index contributed by atoms with van der Waals surface area (Å²) in [6.45, 7) is 4.77. The maximum atomic E-state index is 11.8. The molecule has 2 N–H and O–H groups in total. The number of halogens is 1. The molecule has 0 aliphatic rings. The van der Waals surface area contributed by atoms with Gasteiger partial charge in [0.2, 0.25) is 0 Å². The van der Waals surface area contributed by atoms with E-state index in [1.807, 2.05) is 25.1 Å². The van der Waals surface area contributed by atoms with E-state index in [0.717, 1.165) is 28.6 Å². The second kappa shape index (κ2) is 7.89. The van der Waals surface area contributed by atoms with Gasteiger partial charge in [-0.05, 0) is 31.0 Å². The Kier molecular flexibility index (Phi) is 5.89. The molecule has 0 radical (unpaired) electrons. The highest BCUT2D eigenvalue weighted by atomic mass is 79.9. The van der Waals surface area contributed by atoms with Crippen molar-refractivity contribution in [2.75, 3.05) is 11.9 Å². The number of hydrogen-bond donors (Lipinski definition) is 2. The number of unbranched alkanes of at least 4 members (excludes halogenated alkanes) is 1. The summed E-state index contributed by atoms with van der Waals surface area (Å²) in [5, 5.41) is 5.97. The molecule has 5 nitrogen and oxygen atoms in total. The summed E-state index contributed by atoms with van der Waals surface area (Å²) >= 11 is 3.49. The molecule has 0 bridgehead atoms. The number of anilines is 2. The van der Waals surface area contributed by atoms with E-state index >= 15 is 0 Å². The van der Waals surface area contributed by atoms with Crippen LogP contribution in [0.2, 0.25) is 0 Å². The molecule has 0 aliphatic heterocycles. The molecule has 0 spiro atoms. The van der Waals surface area contributed by atoms with Gasteiger partial charge in [-0.3, -0.25) is 4.79 Å². The van der Waals surface area contributed by atoms with Crippen LogP contribution in [-0.4, -0.2) is 22.4 Å². The minimum absolute atomic E-state index is 0.189. The molecule has 2 aromatic rings. The Morgan fingerprint density at radius 2 is 2.09 bits per heavy atom. The molecule has 0 saturated carbocycles. The molecule has 0 unspecified atom stereocenters. The average Bonchev–Trinajstić information content (AvgIpc) is 2.52. The summed E-state index contributed by atoms with van der Waals surface area (Å²) in [6.07, 6.45) is 5.04. The third kappa shape index (κ3) is 4.53. The molecule has 1 heterocycles. The van der Waals surface area contributed by atoms with Crippen LogP contribution in [0.15, 0.2) is 35.1 Å². The molecule has 1 amide bonds. The SMILES string of the molecule is CCCCNC(=O)c1cnc(Nc2ccc(C)c(Br)c2)cn1. The lowest BCUT2D eigenvalue weighted by Crippen LogP contribution is -2.25. The van der Waals surface area contributed by atoms with Gasteiger partial charge in [-0.1, -0.05) is 35.3 Å². The van der Waals surface area contributed by atoms with Crippen LogP contribution >= 0.6 is 15.9 Å². The summed E-state index contributed by atoms with van der Waals surface area (Å²) in [5.41, 5.74) is 2.40. The smallest absolute Gasteiger partial charge is 0.271 e. The highest BCUT2D eigenvalue weighted by molar-refractivity contribution is 9.10. The molecule has 0 fully saturated rings. The zero-order chi connectivity index (χ0) is 15.9. The third-order valence-electron chi connectivity index (χ3n) is 3.14. The van der Waals surface area contributed by atoms with Crippen LogP contribution in [0.25, 0.3) is 0 Å². The summed E-state index contributed by atoms with van der Waals surface area (Å²) in [4.78, 5) is 20.2. The molecule has 1 aromatic carbocycles. The van der Waals surface area contributed by atoms with Gasteiger partial charge >= 0.3 is 0 Å². The second-order valence-electron chi connectivity index (χ2n) is 4.99. The van der Waals surface area contributed by atoms with Gasteiger partial charge in [0.05, 0.1) is 12.4 Å². The van der Waals surface area contributed by atoms with Crippen molar-refractivity contribution >= 4 is 33.3 Å². The number of carbonyl (C=O) groups excluding carboxylic acids is 1. The largest absolute Gasteiger partial charge is 0.351 e. The summed E-state index contributed by atoms with van der Waals surface area (Å²) in [6, 6.07) is 5.95. The van der Waals surface area contributed by atoms with Gasteiger partial charge in [0, 0.05) is 16.7 Å². The normalized spacial score (nSPS) is 10.3. The lowest BCUT2D eigenvalue weighted by Gasteiger charge is -2.08. The fourth-order valence-corrected chi connectivity index (χ4v) is 2.18. The first-order valence-electron chi connectivity index (χ1n) is 7.23. The highest BCUT2D eigenvalue weighted by Crippen LogP contribution is 2.22. The van der Waals surface area contributed by atoms with Crippen molar-refractivity contribution in [2.24, 2.45) is 0 Å². The number of rotatable bonds is 6. The van der Waals surface area contributed by atoms with Crippen LogP contribution in [0.4, 0.5) is 11.5 Å². The Morgan fingerprint density at radius 3 is 2.73 bits per heavy atom. The first-order valence-corrected chi connectivity index (χ1v) is 8.03. The number of hydrogen-bond acceptors (Lipinski definition) is 4. The molecule has 2 rings (SSSR count). The van der Waals surface area contributed by atoms with Crippen LogP contribution in [0, 0.1) is 6.92 Å². The molecular formula is C16H19BrN4O. The number of benzene rings is 1. The quantitative estimate of drug-likeness (QED) is 0.766. The van der Waals surface area contributed by atoms with E-state index < -0.39 is 0 Å². The molecule has 6 heteroatoms. The van der Waals surface area contributed by atoms with Crippen LogP contribution in [-0.2, 0) is 0 Å². The molecular weight excluding hydrogens is 344 g/mol. The minimum Gasteiger partial charge on any atom is -0.351 e. The van der Waals surface area contributed by atoms with Crippen LogP contribution in [0.5, 0.6) is 0 Å². The predicted octanol–water partition coefficient (Wildman–Crippen LogP) is 3.82. The fraction of sp³-hybridized carbons (Fsp3) is 0.312. The fourth-order valence-electron chi connectivity index (χ4n) is 1.80. The average molecular weight is 363 g/mol. The number of nitrogens with one attached hydrogen (secondary N) is 2. The van der Waals surface area contributed by atoms with Gasteiger partial charge < -0.3 is 10.6 Å². The second-order valence-corrected chi connectivity index (χ2v) is 5.84. The van der Waals surface area contributed by atoms with Crippen LogP contribution in [0.1, 0.15) is 35.8 Å². The summed E-state index contributed by atoms with van der Waals surface area (Å²) in [5.74, 6) is 0.409. The molecule has 0 saturated heterocycles. The van der Waals surface area contributed by atoms with Gasteiger partial charge in [0.1, 0.15) is 11.5 Å². The van der Waals surface area contributed by atoms with E-state index in [2.05, 4.69) is 43.5 Å². The van der Waals surface area contributed by atoms with Gasteiger partial charge in [-0.2, -0.15) is 0 Å². The summed E-state index contributed by atoms with van der Waals surface area (Å²) in [7, 11) is 0. The zero-order valence-corrected chi connectivity index (χ0v) is 14.3. The number of amides is 1. The van der Waals surface area contributed by atoms with Crippen molar-refractivity contribution < 1.29 is 4.79 Å². The van der Waals surface area contributed by atoms with Crippen molar-refractivity contribution in [3.63, 3.8) is 0 Å². The van der Waals surface area contributed by atoms with E-state index in [-0.39, 0.29) is 5.91 Å². The minimum atomic E-state index is -0.189. The van der Waals surface area contributed by atoms with Crippen molar-refractivity contribution in [1.82, 2.24) is 15.3 Å². The molecule has 22 heavy (non-hydrogen) atoms. The van der Waals surface area contributed by atoms with E-state index in [0.29, 0.717) is 18.1 Å². The number of carbonyl (C=O) groups is 1. The summed E-state index contributed by atoms with van der Waals surface area (Å²) < 4.78 is 1.03. The highest BCUT2D eigenvalue weighted by Gasteiger charge is 2.07. The Balaban J connectivity index is 1.99. The topological polar surface area (TPSA) is 66.9 Å². The number of nitrogens with zero attached hydrogens (tertiary/aromatic N) is 2. The van der Waals surface area contributed by atoms with Gasteiger partial charge in [0.25, 0.3) is 5.91 Å². The third-order valence-corrected chi connectivity index (χ3v) is 4.00. The number of aryl methyl sites for hydroxylation is 1. The van der Waals surface area contributed by atoms with E-state index in [9.17, 15) is 4.79 Å². The number of aromatic nitrogens is 2. The molecule has 0 atom stereocenters. The first-order chi connectivity index (χ1) is 10.6. The standard InChI is InChI=1S/C16H19BrN4O/c1-3-4-7-18-16(22)14-9-20-15(10-19-14)21-12-6-5-11(2)13(17)8-12/h5-6,8-10H,3-4,7H2,1-2H3,(H,18,22)(H,20,21).